The van der Waals surface area contributed by atoms with E-state index in [4.69, 9.17) is 0 Å². The zero-order valence-corrected chi connectivity index (χ0v) is 14.9. The topological polar surface area (TPSA) is 61.4 Å². The molecule has 2 aromatic carbocycles. The quantitative estimate of drug-likeness (QED) is 0.841. The van der Waals surface area contributed by atoms with Gasteiger partial charge in [0.05, 0.1) is 6.54 Å². The van der Waals surface area contributed by atoms with Gasteiger partial charge in [-0.05, 0) is 43.6 Å². The molecule has 1 heterocycles. The molecule has 0 aliphatic carbocycles. The Bertz CT molecular complexity index is 711. The van der Waals surface area contributed by atoms with Gasteiger partial charge in [0.15, 0.2) is 0 Å². The van der Waals surface area contributed by atoms with Crippen LogP contribution in [0.25, 0.3) is 0 Å². The van der Waals surface area contributed by atoms with E-state index in [2.05, 4.69) is 15.5 Å². The Morgan fingerprint density at radius 1 is 0.923 bits per heavy atom. The van der Waals surface area contributed by atoms with Gasteiger partial charge in [-0.1, -0.05) is 48.5 Å². The molecule has 26 heavy (non-hydrogen) atoms. The lowest BCUT2D eigenvalue weighted by Gasteiger charge is -2.30. The summed E-state index contributed by atoms with van der Waals surface area (Å²) in [5, 5.41) is 5.92. The van der Waals surface area contributed by atoms with Crippen molar-refractivity contribution in [2.45, 2.75) is 19.4 Å². The van der Waals surface area contributed by atoms with Crippen molar-refractivity contribution >= 4 is 17.5 Å². The summed E-state index contributed by atoms with van der Waals surface area (Å²) in [5.74, 6) is 0.137. The van der Waals surface area contributed by atoms with E-state index in [9.17, 15) is 9.59 Å². The highest BCUT2D eigenvalue weighted by Gasteiger charge is 2.25. The number of rotatable bonds is 6. The van der Waals surface area contributed by atoms with Crippen LogP contribution in [0.4, 0.5) is 5.69 Å². The lowest BCUT2D eigenvalue weighted by atomic mass is 9.96. The maximum Gasteiger partial charge on any atom is 0.238 e. The smallest absolute Gasteiger partial charge is 0.238 e. The number of benzene rings is 2. The molecule has 136 valence electrons. The van der Waals surface area contributed by atoms with Crippen LogP contribution < -0.4 is 10.6 Å². The normalized spacial score (nSPS) is 15.4. The summed E-state index contributed by atoms with van der Waals surface area (Å²) in [4.78, 5) is 26.6. The van der Waals surface area contributed by atoms with Crippen molar-refractivity contribution in [2.24, 2.45) is 5.92 Å². The summed E-state index contributed by atoms with van der Waals surface area (Å²) in [6.45, 7) is 2.48. The lowest BCUT2D eigenvalue weighted by molar-refractivity contribution is -0.126. The zero-order valence-electron chi connectivity index (χ0n) is 14.9. The van der Waals surface area contributed by atoms with Gasteiger partial charge in [-0.15, -0.1) is 0 Å². The summed E-state index contributed by atoms with van der Waals surface area (Å²) >= 11 is 0. The highest BCUT2D eigenvalue weighted by atomic mass is 16.2. The highest BCUT2D eigenvalue weighted by molar-refractivity contribution is 5.92. The number of hydrogen-bond acceptors (Lipinski definition) is 3. The van der Waals surface area contributed by atoms with Crippen LogP contribution >= 0.6 is 0 Å². The molecule has 1 aliphatic heterocycles. The first-order chi connectivity index (χ1) is 12.7. The number of anilines is 1. The molecular weight excluding hydrogens is 326 g/mol. The summed E-state index contributed by atoms with van der Waals surface area (Å²) in [5.41, 5.74) is 1.92. The third-order valence-corrected chi connectivity index (χ3v) is 4.69. The Morgan fingerprint density at radius 3 is 2.19 bits per heavy atom. The van der Waals surface area contributed by atoms with Crippen molar-refractivity contribution in [3.8, 4) is 0 Å². The highest BCUT2D eigenvalue weighted by Crippen LogP contribution is 2.17. The van der Waals surface area contributed by atoms with E-state index in [0.717, 1.165) is 37.2 Å². The van der Waals surface area contributed by atoms with E-state index < -0.39 is 0 Å². The zero-order chi connectivity index (χ0) is 18.2. The van der Waals surface area contributed by atoms with Crippen molar-refractivity contribution in [3.05, 3.63) is 66.2 Å². The fraction of sp³-hybridized carbons (Fsp3) is 0.333. The second-order valence-corrected chi connectivity index (χ2v) is 6.67. The van der Waals surface area contributed by atoms with Crippen LogP contribution in [0.15, 0.2) is 60.7 Å². The molecule has 0 spiro atoms. The third-order valence-electron chi connectivity index (χ3n) is 4.69. The monoisotopic (exact) mass is 351 g/mol. The van der Waals surface area contributed by atoms with E-state index in [0.29, 0.717) is 13.1 Å². The van der Waals surface area contributed by atoms with Crippen LogP contribution in [0.3, 0.4) is 0 Å². The Kier molecular flexibility index (Phi) is 6.39. The van der Waals surface area contributed by atoms with Gasteiger partial charge in [0.1, 0.15) is 0 Å². The molecule has 1 saturated heterocycles. The van der Waals surface area contributed by atoms with E-state index in [1.54, 1.807) is 0 Å². The van der Waals surface area contributed by atoms with E-state index >= 15 is 0 Å². The largest absolute Gasteiger partial charge is 0.352 e. The molecule has 1 aliphatic rings. The minimum Gasteiger partial charge on any atom is -0.352 e. The van der Waals surface area contributed by atoms with Crippen LogP contribution in [-0.4, -0.2) is 36.3 Å². The lowest BCUT2D eigenvalue weighted by Crippen LogP contribution is -2.43. The minimum absolute atomic E-state index is 0.0109. The molecule has 1 fully saturated rings. The second kappa shape index (κ2) is 9.15. The van der Waals surface area contributed by atoms with Gasteiger partial charge in [0.2, 0.25) is 11.8 Å². The fourth-order valence-corrected chi connectivity index (χ4v) is 3.21. The fourth-order valence-electron chi connectivity index (χ4n) is 3.21. The SMILES string of the molecule is O=C(CN1CCC(C(=O)NCc2ccccc2)CC1)Nc1ccccc1. The number of likely N-dealkylation sites (tertiary alicyclic amines) is 1. The van der Waals surface area contributed by atoms with Crippen LogP contribution in [0.1, 0.15) is 18.4 Å². The molecule has 0 radical (unpaired) electrons. The maximum absolute atomic E-state index is 12.3. The summed E-state index contributed by atoms with van der Waals surface area (Å²) in [7, 11) is 0. The van der Waals surface area contributed by atoms with Gasteiger partial charge in [0, 0.05) is 18.2 Å². The van der Waals surface area contributed by atoms with Gasteiger partial charge in [-0.3, -0.25) is 14.5 Å². The molecule has 0 saturated carbocycles. The minimum atomic E-state index is -0.0109. The van der Waals surface area contributed by atoms with Gasteiger partial charge in [-0.25, -0.2) is 0 Å². The standard InChI is InChI=1S/C21H25N3O2/c25-20(23-19-9-5-2-6-10-19)16-24-13-11-18(12-14-24)21(26)22-15-17-7-3-1-4-8-17/h1-10,18H,11-16H2,(H,22,26)(H,23,25). The average molecular weight is 351 g/mol. The Morgan fingerprint density at radius 2 is 1.54 bits per heavy atom. The average Bonchev–Trinajstić information content (AvgIpc) is 2.68. The summed E-state index contributed by atoms with van der Waals surface area (Å²) in [6, 6.07) is 19.4. The van der Waals surface area contributed by atoms with Gasteiger partial charge >= 0.3 is 0 Å². The molecule has 0 atom stereocenters. The predicted octanol–water partition coefficient (Wildman–Crippen LogP) is 2.65. The molecular formula is C21H25N3O2. The predicted molar refractivity (Wildman–Crippen MR) is 103 cm³/mol. The van der Waals surface area contributed by atoms with E-state index in [1.165, 1.54) is 0 Å². The Hall–Kier alpha value is -2.66. The molecule has 2 amide bonds. The number of carbonyl (C=O) groups excluding carboxylic acids is 2. The van der Waals surface area contributed by atoms with Crippen LogP contribution in [0, 0.1) is 5.92 Å². The molecule has 3 rings (SSSR count). The first kappa shape index (κ1) is 18.1. The Balaban J connectivity index is 1.38. The first-order valence-electron chi connectivity index (χ1n) is 9.09. The maximum atomic E-state index is 12.3. The number of amides is 2. The van der Waals surface area contributed by atoms with Crippen LogP contribution in [0.2, 0.25) is 0 Å². The summed E-state index contributed by atoms with van der Waals surface area (Å²) < 4.78 is 0. The van der Waals surface area contributed by atoms with Crippen LogP contribution in [-0.2, 0) is 16.1 Å². The van der Waals surface area contributed by atoms with Crippen molar-refractivity contribution < 1.29 is 9.59 Å². The van der Waals surface area contributed by atoms with Crippen molar-refractivity contribution in [1.82, 2.24) is 10.2 Å². The van der Waals surface area contributed by atoms with Crippen molar-refractivity contribution in [3.63, 3.8) is 0 Å². The third kappa shape index (κ3) is 5.43. The summed E-state index contributed by atoms with van der Waals surface area (Å²) in [6.07, 6.45) is 1.58. The van der Waals surface area contributed by atoms with E-state index in [-0.39, 0.29) is 17.7 Å². The molecule has 0 unspecified atom stereocenters. The van der Waals surface area contributed by atoms with Crippen molar-refractivity contribution in [1.29, 1.82) is 0 Å². The van der Waals surface area contributed by atoms with Gasteiger partial charge in [-0.2, -0.15) is 0 Å². The number of carbonyl (C=O) groups is 2. The molecule has 2 aromatic rings. The molecule has 2 N–H and O–H groups in total. The number of piperidine rings is 1. The molecule has 5 nitrogen and oxygen atoms in total. The number of hydrogen-bond donors (Lipinski definition) is 2. The van der Waals surface area contributed by atoms with Gasteiger partial charge < -0.3 is 10.6 Å². The van der Waals surface area contributed by atoms with E-state index in [1.807, 2.05) is 60.7 Å². The van der Waals surface area contributed by atoms with Crippen molar-refractivity contribution in [2.75, 3.05) is 25.0 Å². The Labute approximate surface area is 154 Å². The number of nitrogens with one attached hydrogen (secondary N) is 2. The molecule has 0 bridgehead atoms. The van der Waals surface area contributed by atoms with Crippen LogP contribution in [0.5, 0.6) is 0 Å². The number of nitrogens with zero attached hydrogens (tertiary/aromatic N) is 1. The molecule has 5 heteroatoms. The second-order valence-electron chi connectivity index (χ2n) is 6.67. The number of para-hydroxylation sites is 1. The van der Waals surface area contributed by atoms with Gasteiger partial charge in [0.25, 0.3) is 0 Å². The first-order valence-corrected chi connectivity index (χ1v) is 9.09. The molecule has 0 aromatic heterocycles.